The quantitative estimate of drug-likeness (QED) is 0.883. The van der Waals surface area contributed by atoms with Gasteiger partial charge in [0.25, 0.3) is 0 Å². The highest BCUT2D eigenvalue weighted by Crippen LogP contribution is 2.16. The first-order valence-corrected chi connectivity index (χ1v) is 6.81. The third kappa shape index (κ3) is 3.10. The van der Waals surface area contributed by atoms with Crippen LogP contribution in [0, 0.1) is 0 Å². The van der Waals surface area contributed by atoms with Gasteiger partial charge in [0.1, 0.15) is 0 Å². The lowest BCUT2D eigenvalue weighted by Crippen LogP contribution is -2.37. The highest BCUT2D eigenvalue weighted by atomic mass is 16.2. The molecule has 0 saturated heterocycles. The van der Waals surface area contributed by atoms with Crippen molar-refractivity contribution in [2.75, 3.05) is 13.1 Å². The molecule has 18 heavy (non-hydrogen) atoms. The van der Waals surface area contributed by atoms with E-state index in [0.29, 0.717) is 6.42 Å². The van der Waals surface area contributed by atoms with E-state index in [0.717, 1.165) is 32.4 Å². The number of nitrogens with two attached hydrogens (primary N) is 1. The fourth-order valence-corrected chi connectivity index (χ4v) is 2.42. The number of benzene rings is 1. The van der Waals surface area contributed by atoms with Gasteiger partial charge in [-0.2, -0.15) is 0 Å². The van der Waals surface area contributed by atoms with Gasteiger partial charge in [-0.1, -0.05) is 31.2 Å². The summed E-state index contributed by atoms with van der Waals surface area (Å²) in [5.41, 5.74) is 8.62. The number of carbonyl (C=O) groups is 1. The summed E-state index contributed by atoms with van der Waals surface area (Å²) in [6.07, 6.45) is 3.26. The lowest BCUT2D eigenvalue weighted by molar-refractivity contribution is -0.131. The van der Waals surface area contributed by atoms with Crippen molar-refractivity contribution in [3.05, 3.63) is 35.4 Å². The first-order chi connectivity index (χ1) is 8.70. The van der Waals surface area contributed by atoms with Crippen LogP contribution in [0.5, 0.6) is 0 Å². The second-order valence-electron chi connectivity index (χ2n) is 5.02. The standard InChI is InChI=1S/C15H22N2O/c1-2-14(16)11-15(18)17-9-7-12-5-3-4-6-13(12)8-10-17/h3-6,14H,2,7-11,16H2,1H3. The summed E-state index contributed by atoms with van der Waals surface area (Å²) >= 11 is 0. The molecule has 0 aromatic heterocycles. The van der Waals surface area contributed by atoms with Gasteiger partial charge < -0.3 is 10.6 Å². The number of rotatable bonds is 3. The molecular formula is C15H22N2O. The summed E-state index contributed by atoms with van der Waals surface area (Å²) in [5, 5.41) is 0. The van der Waals surface area contributed by atoms with Crippen molar-refractivity contribution in [2.24, 2.45) is 5.73 Å². The SMILES string of the molecule is CCC(N)CC(=O)N1CCc2ccccc2CC1. The van der Waals surface area contributed by atoms with Gasteiger partial charge >= 0.3 is 0 Å². The van der Waals surface area contributed by atoms with Crippen molar-refractivity contribution in [1.82, 2.24) is 4.90 Å². The molecule has 2 N–H and O–H groups in total. The first-order valence-electron chi connectivity index (χ1n) is 6.81. The van der Waals surface area contributed by atoms with E-state index in [1.54, 1.807) is 0 Å². The lowest BCUT2D eigenvalue weighted by Gasteiger charge is -2.21. The number of nitrogens with zero attached hydrogens (tertiary/aromatic N) is 1. The molecule has 0 radical (unpaired) electrons. The molecule has 3 heteroatoms. The van der Waals surface area contributed by atoms with Crippen LogP contribution in [0.1, 0.15) is 30.9 Å². The Balaban J connectivity index is 1.97. The molecule has 0 saturated carbocycles. The van der Waals surface area contributed by atoms with Crippen LogP contribution in [0.15, 0.2) is 24.3 Å². The van der Waals surface area contributed by atoms with Gasteiger partial charge in [-0.3, -0.25) is 4.79 Å². The summed E-state index contributed by atoms with van der Waals surface area (Å²) in [6, 6.07) is 8.48. The Labute approximate surface area is 109 Å². The van der Waals surface area contributed by atoms with E-state index in [9.17, 15) is 4.79 Å². The fourth-order valence-electron chi connectivity index (χ4n) is 2.42. The Morgan fingerprint density at radius 2 is 1.83 bits per heavy atom. The number of fused-ring (bicyclic) bond motifs is 1. The van der Waals surface area contributed by atoms with Crippen LogP contribution >= 0.6 is 0 Å². The molecule has 1 aromatic carbocycles. The molecule has 0 fully saturated rings. The smallest absolute Gasteiger partial charge is 0.224 e. The van der Waals surface area contributed by atoms with Crippen molar-refractivity contribution in [3.63, 3.8) is 0 Å². The monoisotopic (exact) mass is 246 g/mol. The van der Waals surface area contributed by atoms with Gasteiger partial charge in [-0.25, -0.2) is 0 Å². The average Bonchev–Trinajstić information content (AvgIpc) is 2.61. The van der Waals surface area contributed by atoms with Gasteiger partial charge in [0.2, 0.25) is 5.91 Å². The van der Waals surface area contributed by atoms with Gasteiger partial charge in [0.15, 0.2) is 0 Å². The van der Waals surface area contributed by atoms with Crippen molar-refractivity contribution in [1.29, 1.82) is 0 Å². The van der Waals surface area contributed by atoms with Gasteiger partial charge in [-0.15, -0.1) is 0 Å². The van der Waals surface area contributed by atoms with E-state index in [1.165, 1.54) is 11.1 Å². The maximum Gasteiger partial charge on any atom is 0.224 e. The molecule has 1 amide bonds. The molecule has 1 aliphatic rings. The summed E-state index contributed by atoms with van der Waals surface area (Å²) in [5.74, 6) is 0.206. The highest BCUT2D eigenvalue weighted by Gasteiger charge is 2.19. The first kappa shape index (κ1) is 13.1. The average molecular weight is 246 g/mol. The topological polar surface area (TPSA) is 46.3 Å². The molecule has 0 spiro atoms. The Morgan fingerprint density at radius 1 is 1.28 bits per heavy atom. The molecule has 0 aliphatic carbocycles. The van der Waals surface area contributed by atoms with Crippen LogP contribution in [0.4, 0.5) is 0 Å². The predicted molar refractivity (Wildman–Crippen MR) is 73.3 cm³/mol. The Kier molecular flexibility index (Phi) is 4.37. The van der Waals surface area contributed by atoms with E-state index >= 15 is 0 Å². The van der Waals surface area contributed by atoms with E-state index in [2.05, 4.69) is 24.3 Å². The predicted octanol–water partition coefficient (Wildman–Crippen LogP) is 1.74. The maximum absolute atomic E-state index is 12.1. The van der Waals surface area contributed by atoms with Gasteiger partial charge in [-0.05, 0) is 30.4 Å². The summed E-state index contributed by atoms with van der Waals surface area (Å²) < 4.78 is 0. The van der Waals surface area contributed by atoms with Crippen LogP contribution in [0.25, 0.3) is 0 Å². The van der Waals surface area contributed by atoms with Crippen molar-refractivity contribution in [2.45, 2.75) is 38.6 Å². The fraction of sp³-hybridized carbons (Fsp3) is 0.533. The normalized spacial score (nSPS) is 16.9. The van der Waals surface area contributed by atoms with Gasteiger partial charge in [0.05, 0.1) is 0 Å². The zero-order valence-electron chi connectivity index (χ0n) is 11.1. The van der Waals surface area contributed by atoms with Crippen LogP contribution < -0.4 is 5.73 Å². The van der Waals surface area contributed by atoms with Gasteiger partial charge in [0, 0.05) is 25.6 Å². The second kappa shape index (κ2) is 6.01. The van der Waals surface area contributed by atoms with Crippen molar-refractivity contribution in [3.8, 4) is 0 Å². The van der Waals surface area contributed by atoms with Crippen LogP contribution in [-0.4, -0.2) is 29.9 Å². The molecule has 1 aliphatic heterocycles. The summed E-state index contributed by atoms with van der Waals surface area (Å²) in [7, 11) is 0. The molecule has 1 heterocycles. The molecule has 1 unspecified atom stereocenters. The van der Waals surface area contributed by atoms with E-state index in [-0.39, 0.29) is 11.9 Å². The lowest BCUT2D eigenvalue weighted by atomic mass is 10.0. The Morgan fingerprint density at radius 3 is 2.33 bits per heavy atom. The number of carbonyl (C=O) groups excluding carboxylic acids is 1. The minimum atomic E-state index is 0.00290. The molecule has 1 atom stereocenters. The van der Waals surface area contributed by atoms with Crippen LogP contribution in [-0.2, 0) is 17.6 Å². The molecule has 1 aromatic rings. The molecule has 98 valence electrons. The minimum Gasteiger partial charge on any atom is -0.342 e. The third-order valence-corrected chi connectivity index (χ3v) is 3.73. The van der Waals surface area contributed by atoms with E-state index in [1.807, 2.05) is 11.8 Å². The number of hydrogen-bond acceptors (Lipinski definition) is 2. The molecule has 0 bridgehead atoms. The maximum atomic E-state index is 12.1. The Bertz CT molecular complexity index is 390. The zero-order valence-corrected chi connectivity index (χ0v) is 11.1. The second-order valence-corrected chi connectivity index (χ2v) is 5.02. The molecular weight excluding hydrogens is 224 g/mol. The highest BCUT2D eigenvalue weighted by molar-refractivity contribution is 5.77. The Hall–Kier alpha value is -1.35. The third-order valence-electron chi connectivity index (χ3n) is 3.73. The zero-order chi connectivity index (χ0) is 13.0. The van der Waals surface area contributed by atoms with Crippen molar-refractivity contribution >= 4 is 5.91 Å². The van der Waals surface area contributed by atoms with Crippen molar-refractivity contribution < 1.29 is 4.79 Å². The van der Waals surface area contributed by atoms with Crippen LogP contribution in [0.2, 0.25) is 0 Å². The number of hydrogen-bond donors (Lipinski definition) is 1. The van der Waals surface area contributed by atoms with Crippen LogP contribution in [0.3, 0.4) is 0 Å². The van der Waals surface area contributed by atoms with E-state index < -0.39 is 0 Å². The number of amides is 1. The van der Waals surface area contributed by atoms with E-state index in [4.69, 9.17) is 5.73 Å². The molecule has 2 rings (SSSR count). The summed E-state index contributed by atoms with van der Waals surface area (Å²) in [6.45, 7) is 3.68. The largest absolute Gasteiger partial charge is 0.342 e. The minimum absolute atomic E-state index is 0.00290. The molecule has 3 nitrogen and oxygen atoms in total. The summed E-state index contributed by atoms with van der Waals surface area (Å²) in [4.78, 5) is 14.1.